The summed E-state index contributed by atoms with van der Waals surface area (Å²) in [5.74, 6) is -0.0400. The van der Waals surface area contributed by atoms with Crippen LogP contribution in [0.15, 0.2) is 12.4 Å². The van der Waals surface area contributed by atoms with Crippen LogP contribution in [-0.2, 0) is 9.53 Å². The fourth-order valence-corrected chi connectivity index (χ4v) is 2.37. The molecule has 0 aliphatic heterocycles. The molecule has 2 aromatic heterocycles. The second-order valence-corrected chi connectivity index (χ2v) is 6.84. The van der Waals surface area contributed by atoms with E-state index >= 15 is 0 Å². The molecule has 122 valence electrons. The van der Waals surface area contributed by atoms with Crippen molar-refractivity contribution in [2.45, 2.75) is 33.1 Å². The number of aromatic amines is 1. The predicted octanol–water partition coefficient (Wildman–Crippen LogP) is 1.75. The molecule has 0 radical (unpaired) electrons. The summed E-state index contributed by atoms with van der Waals surface area (Å²) in [4.78, 5) is 35.4. The molecule has 1 fully saturated rings. The van der Waals surface area contributed by atoms with E-state index in [-0.39, 0.29) is 6.61 Å². The van der Waals surface area contributed by atoms with E-state index in [1.54, 1.807) is 20.0 Å². The average molecular weight is 316 g/mol. The van der Waals surface area contributed by atoms with E-state index in [1.807, 2.05) is 0 Å². The standard InChI is InChI=1S/C16H20N4O3/c1-8-4-9(8)11-6-19-13-12(20-11)10(5-18-13)14(21)23-7-16(2,3)15(17)22/h5-6,8-9H,4,7H2,1-3H3,(H2,17,22)(H,18,19)/t8-,9-/m1/s1. The zero-order valence-electron chi connectivity index (χ0n) is 13.4. The van der Waals surface area contributed by atoms with E-state index in [1.165, 1.54) is 6.20 Å². The Morgan fingerprint density at radius 3 is 2.78 bits per heavy atom. The highest BCUT2D eigenvalue weighted by Crippen LogP contribution is 2.46. The molecule has 0 spiro atoms. The van der Waals surface area contributed by atoms with Crippen LogP contribution in [0.5, 0.6) is 0 Å². The largest absolute Gasteiger partial charge is 0.461 e. The Balaban J connectivity index is 1.81. The number of amides is 1. The first-order valence-electron chi connectivity index (χ1n) is 7.60. The van der Waals surface area contributed by atoms with Crippen LogP contribution in [0.2, 0.25) is 0 Å². The number of carbonyl (C=O) groups excluding carboxylic acids is 2. The van der Waals surface area contributed by atoms with E-state index < -0.39 is 17.3 Å². The molecule has 7 heteroatoms. The second kappa shape index (κ2) is 5.33. The van der Waals surface area contributed by atoms with Crippen molar-refractivity contribution in [3.63, 3.8) is 0 Å². The lowest BCUT2D eigenvalue weighted by Gasteiger charge is -2.19. The Labute approximate surface area is 133 Å². The third-order valence-electron chi connectivity index (χ3n) is 4.34. The van der Waals surface area contributed by atoms with Gasteiger partial charge in [0.25, 0.3) is 0 Å². The smallest absolute Gasteiger partial charge is 0.342 e. The summed E-state index contributed by atoms with van der Waals surface area (Å²) in [6, 6.07) is 0. The summed E-state index contributed by atoms with van der Waals surface area (Å²) in [5.41, 5.74) is 6.63. The topological polar surface area (TPSA) is 111 Å². The number of rotatable bonds is 5. The number of carbonyl (C=O) groups is 2. The maximum absolute atomic E-state index is 12.3. The molecule has 0 saturated heterocycles. The van der Waals surface area contributed by atoms with Crippen LogP contribution in [0.4, 0.5) is 0 Å². The second-order valence-electron chi connectivity index (χ2n) is 6.84. The quantitative estimate of drug-likeness (QED) is 0.816. The zero-order chi connectivity index (χ0) is 16.8. The molecule has 1 aliphatic carbocycles. The summed E-state index contributed by atoms with van der Waals surface area (Å²) in [5, 5.41) is 0. The lowest BCUT2D eigenvalue weighted by atomic mass is 9.94. The van der Waals surface area contributed by atoms with Crippen molar-refractivity contribution in [2.75, 3.05) is 6.61 Å². The van der Waals surface area contributed by atoms with E-state index in [4.69, 9.17) is 10.5 Å². The molecule has 1 saturated carbocycles. The van der Waals surface area contributed by atoms with E-state index in [9.17, 15) is 9.59 Å². The highest BCUT2D eigenvalue weighted by Gasteiger charge is 2.36. The van der Waals surface area contributed by atoms with Crippen molar-refractivity contribution in [3.05, 3.63) is 23.7 Å². The number of aromatic nitrogens is 3. The fraction of sp³-hybridized carbons (Fsp3) is 0.500. The molecular formula is C16H20N4O3. The Bertz CT molecular complexity index is 781. The number of nitrogens with two attached hydrogens (primary N) is 1. The molecule has 3 rings (SSSR count). The lowest BCUT2D eigenvalue weighted by Crippen LogP contribution is -2.36. The van der Waals surface area contributed by atoms with Gasteiger partial charge in [-0.15, -0.1) is 0 Å². The van der Waals surface area contributed by atoms with Gasteiger partial charge in [-0.1, -0.05) is 6.92 Å². The van der Waals surface area contributed by atoms with Gasteiger partial charge in [0.1, 0.15) is 17.7 Å². The van der Waals surface area contributed by atoms with Crippen LogP contribution in [-0.4, -0.2) is 33.4 Å². The highest BCUT2D eigenvalue weighted by atomic mass is 16.5. The van der Waals surface area contributed by atoms with Crippen molar-refractivity contribution in [1.82, 2.24) is 15.0 Å². The van der Waals surface area contributed by atoms with Crippen molar-refractivity contribution >= 4 is 23.0 Å². The van der Waals surface area contributed by atoms with E-state index in [0.29, 0.717) is 28.6 Å². The van der Waals surface area contributed by atoms with Gasteiger partial charge >= 0.3 is 5.97 Å². The van der Waals surface area contributed by atoms with Gasteiger partial charge in [-0.25, -0.2) is 14.8 Å². The van der Waals surface area contributed by atoms with Gasteiger partial charge in [0.2, 0.25) is 5.91 Å². The summed E-state index contributed by atoms with van der Waals surface area (Å²) in [7, 11) is 0. The number of fused-ring (bicyclic) bond motifs is 1. The molecule has 0 aromatic carbocycles. The number of H-pyrrole nitrogens is 1. The maximum Gasteiger partial charge on any atom is 0.342 e. The monoisotopic (exact) mass is 316 g/mol. The number of hydrogen-bond donors (Lipinski definition) is 2. The minimum atomic E-state index is -0.915. The molecule has 2 atom stereocenters. The maximum atomic E-state index is 12.3. The molecule has 0 bridgehead atoms. The van der Waals surface area contributed by atoms with E-state index in [2.05, 4.69) is 21.9 Å². The van der Waals surface area contributed by atoms with E-state index in [0.717, 1.165) is 12.1 Å². The van der Waals surface area contributed by atoms with Crippen molar-refractivity contribution in [2.24, 2.45) is 17.1 Å². The van der Waals surface area contributed by atoms with Crippen LogP contribution in [0, 0.1) is 11.3 Å². The van der Waals surface area contributed by atoms with Crippen LogP contribution >= 0.6 is 0 Å². The summed E-state index contributed by atoms with van der Waals surface area (Å²) < 4.78 is 5.23. The number of esters is 1. The third kappa shape index (κ3) is 2.91. The van der Waals surface area contributed by atoms with Crippen LogP contribution in [0.3, 0.4) is 0 Å². The molecule has 0 unspecified atom stereocenters. The summed E-state index contributed by atoms with van der Waals surface area (Å²) >= 11 is 0. The fourth-order valence-electron chi connectivity index (χ4n) is 2.37. The molecule has 1 aliphatic rings. The van der Waals surface area contributed by atoms with Gasteiger partial charge in [-0.3, -0.25) is 4.79 Å². The Morgan fingerprint density at radius 2 is 2.17 bits per heavy atom. The number of nitrogens with zero attached hydrogens (tertiary/aromatic N) is 2. The first kappa shape index (κ1) is 15.5. The van der Waals surface area contributed by atoms with Crippen LogP contribution in [0.1, 0.15) is 49.2 Å². The van der Waals surface area contributed by atoms with Crippen molar-refractivity contribution in [3.8, 4) is 0 Å². The van der Waals surface area contributed by atoms with Crippen molar-refractivity contribution in [1.29, 1.82) is 0 Å². The van der Waals surface area contributed by atoms with Crippen molar-refractivity contribution < 1.29 is 14.3 Å². The number of primary amides is 1. The van der Waals surface area contributed by atoms with Gasteiger partial charge < -0.3 is 15.5 Å². The Hall–Kier alpha value is -2.44. The summed E-state index contributed by atoms with van der Waals surface area (Å²) in [6.07, 6.45) is 4.37. The average Bonchev–Trinajstić information content (AvgIpc) is 3.08. The SMILES string of the molecule is C[C@@H]1C[C@H]1c1cnc2[nH]cc(C(=O)OCC(C)(C)C(N)=O)c2n1. The molecule has 2 aromatic rings. The molecule has 2 heterocycles. The summed E-state index contributed by atoms with van der Waals surface area (Å²) in [6.45, 7) is 5.34. The minimum absolute atomic E-state index is 0.0827. The molecule has 23 heavy (non-hydrogen) atoms. The molecule has 3 N–H and O–H groups in total. The van der Waals surface area contributed by atoms with Crippen LogP contribution in [0.25, 0.3) is 11.2 Å². The number of nitrogens with one attached hydrogen (secondary N) is 1. The third-order valence-corrected chi connectivity index (χ3v) is 4.34. The molecule has 7 nitrogen and oxygen atoms in total. The normalized spacial score (nSPS) is 20.5. The van der Waals surface area contributed by atoms with Gasteiger partial charge in [-0.05, 0) is 26.2 Å². The first-order valence-corrected chi connectivity index (χ1v) is 7.60. The highest BCUT2D eigenvalue weighted by molar-refractivity contribution is 6.01. The Morgan fingerprint density at radius 1 is 1.48 bits per heavy atom. The van der Waals surface area contributed by atoms with Gasteiger partial charge in [0, 0.05) is 12.1 Å². The minimum Gasteiger partial charge on any atom is -0.461 e. The number of ether oxygens (including phenoxy) is 1. The lowest BCUT2D eigenvalue weighted by molar-refractivity contribution is -0.127. The number of hydrogen-bond acceptors (Lipinski definition) is 5. The first-order chi connectivity index (χ1) is 10.8. The van der Waals surface area contributed by atoms with Gasteiger partial charge in [0.15, 0.2) is 5.65 Å². The van der Waals surface area contributed by atoms with Crippen LogP contribution < -0.4 is 5.73 Å². The Kier molecular flexibility index (Phi) is 3.58. The molecule has 1 amide bonds. The zero-order valence-corrected chi connectivity index (χ0v) is 13.4. The predicted molar refractivity (Wildman–Crippen MR) is 83.7 cm³/mol. The van der Waals surface area contributed by atoms with Gasteiger partial charge in [-0.2, -0.15) is 0 Å². The molecular weight excluding hydrogens is 296 g/mol. The van der Waals surface area contributed by atoms with Gasteiger partial charge in [0.05, 0.1) is 17.3 Å².